The van der Waals surface area contributed by atoms with E-state index < -0.39 is 23.2 Å². The van der Waals surface area contributed by atoms with E-state index in [1.807, 2.05) is 0 Å². The molecule has 0 spiro atoms. The first-order valence-electron chi connectivity index (χ1n) is 5.06. The van der Waals surface area contributed by atoms with Crippen LogP contribution in [0.1, 0.15) is 33.6 Å². The third-order valence-electron chi connectivity index (χ3n) is 2.25. The van der Waals surface area contributed by atoms with E-state index in [4.69, 9.17) is 9.84 Å². The molecule has 1 aliphatic rings. The predicted octanol–water partition coefficient (Wildman–Crippen LogP) is 1.68. The number of ether oxygens (including phenoxy) is 1. The Morgan fingerprint density at radius 3 is 2.25 bits per heavy atom. The Hall–Kier alpha value is -1.52. The molecule has 1 rings (SSSR count). The summed E-state index contributed by atoms with van der Waals surface area (Å²) in [6.45, 7) is 8.83. The summed E-state index contributed by atoms with van der Waals surface area (Å²) in [7, 11) is 0. The molecule has 0 aromatic heterocycles. The smallest absolute Gasteiger partial charge is 0.408 e. The fourth-order valence-corrected chi connectivity index (χ4v) is 1.59. The van der Waals surface area contributed by atoms with Crippen molar-refractivity contribution >= 4 is 12.1 Å². The summed E-state index contributed by atoms with van der Waals surface area (Å²) >= 11 is 0. The molecule has 0 atom stereocenters. The standard InChI is InChI=1S/C11H17NO4/c1-7-5-11(6-7,8(13)14)12-9(15)16-10(2,3)4/h1,5-6H2,2-4H3,(H,12,15)(H,13,14). The highest BCUT2D eigenvalue weighted by molar-refractivity contribution is 5.87. The number of nitrogens with one attached hydrogen (secondary N) is 1. The molecule has 90 valence electrons. The highest BCUT2D eigenvalue weighted by atomic mass is 16.6. The first kappa shape index (κ1) is 12.5. The molecular formula is C11H17NO4. The molecule has 16 heavy (non-hydrogen) atoms. The van der Waals surface area contributed by atoms with E-state index in [0.717, 1.165) is 5.57 Å². The van der Waals surface area contributed by atoms with Crippen LogP contribution in [0.15, 0.2) is 12.2 Å². The van der Waals surface area contributed by atoms with E-state index in [0.29, 0.717) is 0 Å². The number of amides is 1. The van der Waals surface area contributed by atoms with E-state index in [1.165, 1.54) is 0 Å². The maximum atomic E-state index is 11.5. The summed E-state index contributed by atoms with van der Waals surface area (Å²) in [6, 6.07) is 0. The van der Waals surface area contributed by atoms with Crippen LogP contribution in [0.4, 0.5) is 4.79 Å². The summed E-state index contributed by atoms with van der Waals surface area (Å²) in [5.74, 6) is -1.05. The number of carboxylic acids is 1. The monoisotopic (exact) mass is 227 g/mol. The Morgan fingerprint density at radius 1 is 1.44 bits per heavy atom. The molecule has 5 heteroatoms. The molecule has 0 bridgehead atoms. The van der Waals surface area contributed by atoms with Crippen LogP contribution in [0.3, 0.4) is 0 Å². The predicted molar refractivity (Wildman–Crippen MR) is 58.1 cm³/mol. The molecular weight excluding hydrogens is 210 g/mol. The molecule has 0 aromatic carbocycles. The topological polar surface area (TPSA) is 75.6 Å². The Bertz CT molecular complexity index is 332. The molecule has 0 aromatic rings. The van der Waals surface area contributed by atoms with Crippen molar-refractivity contribution in [2.45, 2.75) is 44.8 Å². The minimum atomic E-state index is -1.22. The summed E-state index contributed by atoms with van der Waals surface area (Å²) < 4.78 is 5.01. The Morgan fingerprint density at radius 2 is 1.94 bits per heavy atom. The highest BCUT2D eigenvalue weighted by Gasteiger charge is 2.48. The third kappa shape index (κ3) is 2.74. The maximum Gasteiger partial charge on any atom is 0.408 e. The highest BCUT2D eigenvalue weighted by Crippen LogP contribution is 2.36. The maximum absolute atomic E-state index is 11.5. The summed E-state index contributed by atoms with van der Waals surface area (Å²) in [4.78, 5) is 22.5. The molecule has 2 N–H and O–H groups in total. The molecule has 0 unspecified atom stereocenters. The summed E-state index contributed by atoms with van der Waals surface area (Å²) in [5.41, 5.74) is -1.04. The van der Waals surface area contributed by atoms with E-state index in [-0.39, 0.29) is 12.8 Å². The van der Waals surface area contributed by atoms with Gasteiger partial charge in [-0.2, -0.15) is 0 Å². The van der Waals surface area contributed by atoms with Crippen LogP contribution in [-0.4, -0.2) is 28.3 Å². The van der Waals surface area contributed by atoms with Gasteiger partial charge in [-0.25, -0.2) is 9.59 Å². The minimum Gasteiger partial charge on any atom is -0.479 e. The lowest BCUT2D eigenvalue weighted by atomic mass is 9.73. The Balaban J connectivity index is 2.61. The van der Waals surface area contributed by atoms with Gasteiger partial charge >= 0.3 is 12.1 Å². The molecule has 1 fully saturated rings. The van der Waals surface area contributed by atoms with Crippen LogP contribution in [0, 0.1) is 0 Å². The number of hydrogen-bond donors (Lipinski definition) is 2. The van der Waals surface area contributed by atoms with Gasteiger partial charge in [0, 0.05) is 12.8 Å². The molecule has 0 saturated heterocycles. The number of carbonyl (C=O) groups excluding carboxylic acids is 1. The SMILES string of the molecule is C=C1CC(NC(=O)OC(C)(C)C)(C(=O)O)C1. The lowest BCUT2D eigenvalue weighted by Gasteiger charge is -2.40. The van der Waals surface area contributed by atoms with Gasteiger partial charge in [-0.1, -0.05) is 12.2 Å². The van der Waals surface area contributed by atoms with Crippen LogP contribution >= 0.6 is 0 Å². The van der Waals surface area contributed by atoms with Crippen molar-refractivity contribution in [2.24, 2.45) is 0 Å². The van der Waals surface area contributed by atoms with Gasteiger partial charge in [0.2, 0.25) is 0 Å². The lowest BCUT2D eigenvalue weighted by Crippen LogP contribution is -2.60. The van der Waals surface area contributed by atoms with Crippen LogP contribution in [-0.2, 0) is 9.53 Å². The van der Waals surface area contributed by atoms with Crippen molar-refractivity contribution in [1.29, 1.82) is 0 Å². The third-order valence-corrected chi connectivity index (χ3v) is 2.25. The average molecular weight is 227 g/mol. The van der Waals surface area contributed by atoms with Crippen molar-refractivity contribution in [3.63, 3.8) is 0 Å². The first-order chi connectivity index (χ1) is 7.15. The van der Waals surface area contributed by atoms with E-state index >= 15 is 0 Å². The number of carbonyl (C=O) groups is 2. The van der Waals surface area contributed by atoms with Gasteiger partial charge in [0.05, 0.1) is 0 Å². The Labute approximate surface area is 94.5 Å². The number of carboxylic acid groups (broad SMARTS) is 1. The van der Waals surface area contributed by atoms with Gasteiger partial charge in [-0.15, -0.1) is 0 Å². The molecule has 0 heterocycles. The number of rotatable bonds is 2. The number of aliphatic carboxylic acids is 1. The zero-order valence-corrected chi connectivity index (χ0v) is 9.79. The van der Waals surface area contributed by atoms with Gasteiger partial charge in [-0.05, 0) is 20.8 Å². The summed E-state index contributed by atoms with van der Waals surface area (Å²) in [5, 5.41) is 11.4. The van der Waals surface area contributed by atoms with Crippen molar-refractivity contribution in [3.05, 3.63) is 12.2 Å². The van der Waals surface area contributed by atoms with Crippen molar-refractivity contribution in [1.82, 2.24) is 5.32 Å². The first-order valence-corrected chi connectivity index (χ1v) is 5.06. The zero-order chi connectivity index (χ0) is 12.6. The second-order valence-electron chi connectivity index (χ2n) is 5.12. The van der Waals surface area contributed by atoms with Crippen molar-refractivity contribution < 1.29 is 19.4 Å². The van der Waals surface area contributed by atoms with Gasteiger partial charge in [-0.3, -0.25) is 0 Å². The van der Waals surface area contributed by atoms with E-state index in [2.05, 4.69) is 11.9 Å². The van der Waals surface area contributed by atoms with Crippen LogP contribution in [0.5, 0.6) is 0 Å². The largest absolute Gasteiger partial charge is 0.479 e. The Kier molecular flexibility index (Phi) is 2.99. The second kappa shape index (κ2) is 3.81. The van der Waals surface area contributed by atoms with Gasteiger partial charge in [0.1, 0.15) is 11.1 Å². The van der Waals surface area contributed by atoms with Crippen LogP contribution in [0.2, 0.25) is 0 Å². The van der Waals surface area contributed by atoms with E-state index in [9.17, 15) is 9.59 Å². The second-order valence-corrected chi connectivity index (χ2v) is 5.12. The number of hydrogen-bond acceptors (Lipinski definition) is 3. The number of alkyl carbamates (subject to hydrolysis) is 1. The molecule has 1 amide bonds. The fourth-order valence-electron chi connectivity index (χ4n) is 1.59. The van der Waals surface area contributed by atoms with Gasteiger partial charge < -0.3 is 15.2 Å². The normalized spacial score (nSPS) is 18.6. The van der Waals surface area contributed by atoms with Crippen LogP contribution < -0.4 is 5.32 Å². The molecule has 1 saturated carbocycles. The lowest BCUT2D eigenvalue weighted by molar-refractivity contribution is -0.146. The minimum absolute atomic E-state index is 0.265. The molecule has 1 aliphatic carbocycles. The van der Waals surface area contributed by atoms with Gasteiger partial charge in [0.15, 0.2) is 0 Å². The molecule has 0 aliphatic heterocycles. The van der Waals surface area contributed by atoms with Gasteiger partial charge in [0.25, 0.3) is 0 Å². The zero-order valence-electron chi connectivity index (χ0n) is 9.79. The van der Waals surface area contributed by atoms with E-state index in [1.54, 1.807) is 20.8 Å². The average Bonchev–Trinajstić information content (AvgIpc) is 1.96. The van der Waals surface area contributed by atoms with Crippen LogP contribution in [0.25, 0.3) is 0 Å². The quantitative estimate of drug-likeness (QED) is 0.704. The van der Waals surface area contributed by atoms with Crippen molar-refractivity contribution in [2.75, 3.05) is 0 Å². The van der Waals surface area contributed by atoms with Crippen molar-refractivity contribution in [3.8, 4) is 0 Å². The summed E-state index contributed by atoms with van der Waals surface area (Å²) in [6.07, 6.45) is -0.175. The molecule has 0 radical (unpaired) electrons. The molecule has 5 nitrogen and oxygen atoms in total. The fraction of sp³-hybridized carbons (Fsp3) is 0.636.